The molecule has 0 radical (unpaired) electrons. The maximum Gasteiger partial charge on any atom is 0.218 e. The van der Waals surface area contributed by atoms with Gasteiger partial charge in [0.2, 0.25) is 20.8 Å². The largest absolute Gasteiger partial charge is 0.726 e. The van der Waals surface area contributed by atoms with Gasteiger partial charge < -0.3 is 70.4 Å². The molecule has 2 rings (SSSR count). The SMILES string of the molecule is O=S(=O)([O-])O[C@@H](CO)[C@H](O)CC1[C@@H](CO)[C@@H](O)[C@H](O)[C@@H]1CO.O=S(=O)([O-])O[C@H](CO)[C@@H](O)CC1[C@@H](CO)[C@@H](O)[C@H](O)[C@@H]1CO. The number of aliphatic hydroxyl groups is 12. The number of rotatable bonds is 16. The summed E-state index contributed by atoms with van der Waals surface area (Å²) in [7, 11) is -10.3. The van der Waals surface area contributed by atoms with Crippen LogP contribution in [0.5, 0.6) is 0 Å². The van der Waals surface area contributed by atoms with E-state index in [4.69, 9.17) is 10.2 Å². The van der Waals surface area contributed by atoms with Crippen LogP contribution in [0.25, 0.3) is 0 Å². The van der Waals surface area contributed by atoms with Gasteiger partial charge in [-0.25, -0.2) is 16.8 Å². The Morgan fingerprint density at radius 1 is 0.500 bits per heavy atom. The van der Waals surface area contributed by atoms with Crippen LogP contribution in [0.15, 0.2) is 0 Å². The Bertz CT molecular complexity index is 930. The molecular formula is C22H42O20S2-2. The van der Waals surface area contributed by atoms with E-state index in [9.17, 15) is 77.0 Å². The Balaban J connectivity index is 0.000000440. The smallest absolute Gasteiger partial charge is 0.218 e. The first-order chi connectivity index (χ1) is 20.3. The van der Waals surface area contributed by atoms with E-state index in [1.165, 1.54) is 0 Å². The Hall–Kier alpha value is -0.740. The monoisotopic (exact) mass is 690 g/mol. The molecule has 2 aliphatic carbocycles. The number of hydrogen-bond acceptors (Lipinski definition) is 20. The Morgan fingerprint density at radius 2 is 0.727 bits per heavy atom. The van der Waals surface area contributed by atoms with Gasteiger partial charge in [0.15, 0.2) is 0 Å². The highest BCUT2D eigenvalue weighted by Crippen LogP contribution is 2.41. The van der Waals surface area contributed by atoms with Crippen molar-refractivity contribution in [3.05, 3.63) is 0 Å². The lowest BCUT2D eigenvalue weighted by atomic mass is 9.84. The maximum absolute atomic E-state index is 10.5. The zero-order valence-corrected chi connectivity index (χ0v) is 24.8. The molecular weight excluding hydrogens is 648 g/mol. The van der Waals surface area contributed by atoms with Gasteiger partial charge >= 0.3 is 0 Å². The second-order valence-electron chi connectivity index (χ2n) is 10.7. The normalized spacial score (nSPS) is 35.5. The summed E-state index contributed by atoms with van der Waals surface area (Å²) in [6, 6.07) is 0. The van der Waals surface area contributed by atoms with Crippen molar-refractivity contribution in [1.29, 1.82) is 0 Å². The summed E-state index contributed by atoms with van der Waals surface area (Å²) in [6.07, 6.45) is -12.5. The Morgan fingerprint density at radius 3 is 0.886 bits per heavy atom. The van der Waals surface area contributed by atoms with Gasteiger partial charge in [-0.05, 0) is 24.7 Å². The molecule has 2 saturated carbocycles. The maximum atomic E-state index is 10.5. The van der Waals surface area contributed by atoms with E-state index in [1.54, 1.807) is 0 Å². The molecule has 20 nitrogen and oxygen atoms in total. The van der Waals surface area contributed by atoms with Gasteiger partial charge in [0.05, 0.1) is 49.8 Å². The second kappa shape index (κ2) is 18.0. The average Bonchev–Trinajstić information content (AvgIpc) is 3.30. The van der Waals surface area contributed by atoms with Crippen molar-refractivity contribution < 1.29 is 95.6 Å². The van der Waals surface area contributed by atoms with E-state index in [-0.39, 0.29) is 12.8 Å². The van der Waals surface area contributed by atoms with Crippen molar-refractivity contribution in [1.82, 2.24) is 0 Å². The topological polar surface area (TPSA) is 376 Å². The van der Waals surface area contributed by atoms with Crippen LogP contribution in [0.1, 0.15) is 12.8 Å². The lowest BCUT2D eigenvalue weighted by molar-refractivity contribution is -0.0273. The summed E-state index contributed by atoms with van der Waals surface area (Å²) in [5, 5.41) is 114. The first-order valence-electron chi connectivity index (χ1n) is 13.3. The van der Waals surface area contributed by atoms with Crippen LogP contribution in [-0.2, 0) is 29.2 Å². The minimum atomic E-state index is -5.14. The predicted octanol–water partition coefficient (Wildman–Crippen LogP) is -7.71. The molecule has 2 aliphatic rings. The minimum Gasteiger partial charge on any atom is -0.726 e. The molecule has 0 saturated heterocycles. The molecule has 0 aliphatic heterocycles. The van der Waals surface area contributed by atoms with Crippen LogP contribution < -0.4 is 0 Å². The lowest BCUT2D eigenvalue weighted by Crippen LogP contribution is -2.38. The van der Waals surface area contributed by atoms with Crippen LogP contribution in [0.2, 0.25) is 0 Å². The molecule has 12 N–H and O–H groups in total. The van der Waals surface area contributed by atoms with Gasteiger partial charge in [-0.3, -0.25) is 8.37 Å². The van der Waals surface area contributed by atoms with E-state index >= 15 is 0 Å². The van der Waals surface area contributed by atoms with Gasteiger partial charge in [0, 0.05) is 50.1 Å². The van der Waals surface area contributed by atoms with Crippen molar-refractivity contribution in [2.45, 2.75) is 61.7 Å². The highest BCUT2D eigenvalue weighted by molar-refractivity contribution is 7.81. The lowest BCUT2D eigenvalue weighted by Gasteiger charge is -2.29. The zero-order valence-electron chi connectivity index (χ0n) is 23.2. The van der Waals surface area contributed by atoms with Crippen LogP contribution in [0.3, 0.4) is 0 Å². The molecule has 0 spiro atoms. The molecule has 0 aromatic rings. The summed E-state index contributed by atoms with van der Waals surface area (Å²) < 4.78 is 71.2. The minimum absolute atomic E-state index is 0.300. The molecule has 0 aromatic heterocycles. The van der Waals surface area contributed by atoms with Crippen molar-refractivity contribution >= 4 is 20.8 Å². The third-order valence-electron chi connectivity index (χ3n) is 8.23. The number of hydrogen-bond donors (Lipinski definition) is 12. The van der Waals surface area contributed by atoms with Gasteiger partial charge in [-0.1, -0.05) is 0 Å². The summed E-state index contributed by atoms with van der Waals surface area (Å²) in [6.45, 7) is -4.03. The van der Waals surface area contributed by atoms with Crippen molar-refractivity contribution in [2.75, 3.05) is 39.6 Å². The van der Waals surface area contributed by atoms with E-state index in [1.807, 2.05) is 0 Å². The molecule has 44 heavy (non-hydrogen) atoms. The molecule has 0 aromatic carbocycles. The van der Waals surface area contributed by atoms with Crippen molar-refractivity contribution in [2.24, 2.45) is 35.5 Å². The van der Waals surface area contributed by atoms with Crippen molar-refractivity contribution in [3.8, 4) is 0 Å². The first kappa shape index (κ1) is 41.3. The van der Waals surface area contributed by atoms with Gasteiger partial charge in [-0.2, -0.15) is 0 Å². The quantitative estimate of drug-likeness (QED) is 0.0528. The fourth-order valence-corrected chi connectivity index (χ4v) is 6.91. The molecule has 0 amide bonds. The molecule has 22 heteroatoms. The van der Waals surface area contributed by atoms with E-state index in [2.05, 4.69) is 8.37 Å². The standard InChI is InChI=1S/2C11H22O10S/c2*12-2-6-5(7(3-13)11(17)10(6)16)1-8(15)9(4-14)21-22(18,19)20/h2*5-17H,1-4H2,(H,18,19,20)/p-2/t6-,7-,8+,9-,10-,11-;6-,7-,8-,9+,10-,11-/m11/s1. The summed E-state index contributed by atoms with van der Waals surface area (Å²) >= 11 is 0. The van der Waals surface area contributed by atoms with Gasteiger partial charge in [-0.15, -0.1) is 0 Å². The third kappa shape index (κ3) is 11.2. The zero-order chi connectivity index (χ0) is 34.2. The highest BCUT2D eigenvalue weighted by atomic mass is 32.3. The predicted molar refractivity (Wildman–Crippen MR) is 138 cm³/mol. The van der Waals surface area contributed by atoms with Gasteiger partial charge in [0.25, 0.3) is 0 Å². The van der Waals surface area contributed by atoms with E-state index in [0.717, 1.165) is 0 Å². The summed E-state index contributed by atoms with van der Waals surface area (Å²) in [4.78, 5) is 0. The molecule has 0 bridgehead atoms. The number of aliphatic hydroxyl groups excluding tert-OH is 12. The van der Waals surface area contributed by atoms with E-state index in [0.29, 0.717) is 0 Å². The second-order valence-corrected chi connectivity index (χ2v) is 12.8. The fraction of sp³-hybridized carbons (Fsp3) is 1.00. The molecule has 12 atom stereocenters. The molecule has 0 heterocycles. The Labute approximate surface area is 253 Å². The van der Waals surface area contributed by atoms with Gasteiger partial charge in [0.1, 0.15) is 12.2 Å². The third-order valence-corrected chi connectivity index (χ3v) is 9.19. The first-order valence-corrected chi connectivity index (χ1v) is 16.0. The Kier molecular flexibility index (Phi) is 16.9. The molecule has 264 valence electrons. The average molecular weight is 691 g/mol. The highest BCUT2D eigenvalue weighted by Gasteiger charge is 2.50. The molecule has 0 unspecified atom stereocenters. The van der Waals surface area contributed by atoms with E-state index < -0.39 is 145 Å². The summed E-state index contributed by atoms with van der Waals surface area (Å²) in [5.74, 6) is -4.95. The summed E-state index contributed by atoms with van der Waals surface area (Å²) in [5.41, 5.74) is 0. The van der Waals surface area contributed by atoms with Crippen LogP contribution in [0, 0.1) is 35.5 Å². The molecule has 2 fully saturated rings. The van der Waals surface area contributed by atoms with Crippen LogP contribution >= 0.6 is 0 Å². The van der Waals surface area contributed by atoms with Crippen LogP contribution in [0.4, 0.5) is 0 Å². The van der Waals surface area contributed by atoms with Crippen molar-refractivity contribution in [3.63, 3.8) is 0 Å². The van der Waals surface area contributed by atoms with Crippen LogP contribution in [-0.4, -0.2) is 176 Å². The fourth-order valence-electron chi connectivity index (χ4n) is 5.93.